The van der Waals surface area contributed by atoms with Crippen LogP contribution in [0.1, 0.15) is 11.1 Å². The summed E-state index contributed by atoms with van der Waals surface area (Å²) in [5.41, 5.74) is 4.07. The minimum absolute atomic E-state index is 0.156. The number of hydrogen-bond acceptors (Lipinski definition) is 5. The van der Waals surface area contributed by atoms with Crippen molar-refractivity contribution in [3.05, 3.63) is 51.0 Å². The van der Waals surface area contributed by atoms with E-state index in [0.717, 1.165) is 5.56 Å². The highest BCUT2D eigenvalue weighted by Crippen LogP contribution is 2.36. The summed E-state index contributed by atoms with van der Waals surface area (Å²) in [7, 11) is 0. The van der Waals surface area contributed by atoms with Gasteiger partial charge >= 0.3 is 11.8 Å². The number of halogens is 2. The van der Waals surface area contributed by atoms with Crippen molar-refractivity contribution in [1.29, 1.82) is 0 Å². The third-order valence-electron chi connectivity index (χ3n) is 3.50. The largest absolute Gasteiger partial charge is 0.454 e. The summed E-state index contributed by atoms with van der Waals surface area (Å²) in [5.74, 6) is -0.530. The van der Waals surface area contributed by atoms with Crippen LogP contribution >= 0.6 is 27.5 Å². The molecule has 0 bridgehead atoms. The summed E-state index contributed by atoms with van der Waals surface area (Å²) >= 11 is 9.23. The number of hydrogen-bond donors (Lipinski definition) is 2. The SMILES string of the molecule is Cc1cc(Cl)ccc1NC(=O)C(=O)N/N=C/c1cc2c(cc1Br)OCO2. The number of nitrogens with one attached hydrogen (secondary N) is 2. The molecule has 134 valence electrons. The predicted molar refractivity (Wildman–Crippen MR) is 101 cm³/mol. The van der Waals surface area contributed by atoms with Gasteiger partial charge in [-0.25, -0.2) is 5.43 Å². The molecule has 0 saturated carbocycles. The quantitative estimate of drug-likeness (QED) is 0.437. The molecule has 9 heteroatoms. The van der Waals surface area contributed by atoms with E-state index in [1.165, 1.54) is 6.21 Å². The van der Waals surface area contributed by atoms with Gasteiger partial charge in [0, 0.05) is 20.7 Å². The van der Waals surface area contributed by atoms with Gasteiger partial charge in [0.2, 0.25) is 6.79 Å². The van der Waals surface area contributed by atoms with Gasteiger partial charge in [-0.15, -0.1) is 0 Å². The van der Waals surface area contributed by atoms with Gasteiger partial charge < -0.3 is 14.8 Å². The second-order valence-corrected chi connectivity index (χ2v) is 6.63. The smallest absolute Gasteiger partial charge is 0.329 e. The van der Waals surface area contributed by atoms with Crippen LogP contribution in [0.25, 0.3) is 0 Å². The van der Waals surface area contributed by atoms with E-state index in [9.17, 15) is 9.59 Å². The zero-order valence-corrected chi connectivity index (χ0v) is 15.8. The van der Waals surface area contributed by atoms with E-state index >= 15 is 0 Å². The lowest BCUT2D eigenvalue weighted by Gasteiger charge is -2.07. The zero-order chi connectivity index (χ0) is 18.7. The molecule has 0 atom stereocenters. The van der Waals surface area contributed by atoms with Crippen LogP contribution in [0.2, 0.25) is 5.02 Å². The Bertz CT molecular complexity index is 917. The van der Waals surface area contributed by atoms with Crippen molar-refractivity contribution >= 4 is 51.2 Å². The molecule has 7 nitrogen and oxygen atoms in total. The van der Waals surface area contributed by atoms with Crippen molar-refractivity contribution in [3.8, 4) is 11.5 Å². The van der Waals surface area contributed by atoms with Crippen LogP contribution in [0.3, 0.4) is 0 Å². The maximum absolute atomic E-state index is 11.9. The third kappa shape index (κ3) is 4.14. The zero-order valence-electron chi connectivity index (χ0n) is 13.5. The molecular weight excluding hydrogens is 426 g/mol. The van der Waals surface area contributed by atoms with Gasteiger partial charge in [-0.3, -0.25) is 9.59 Å². The molecule has 3 rings (SSSR count). The lowest BCUT2D eigenvalue weighted by Crippen LogP contribution is -2.32. The lowest BCUT2D eigenvalue weighted by molar-refractivity contribution is -0.136. The van der Waals surface area contributed by atoms with E-state index in [0.29, 0.717) is 32.2 Å². The summed E-state index contributed by atoms with van der Waals surface area (Å²) in [5, 5.41) is 6.84. The first-order valence-corrected chi connectivity index (χ1v) is 8.61. The number of benzene rings is 2. The topological polar surface area (TPSA) is 89.0 Å². The molecule has 1 aliphatic heterocycles. The summed E-state index contributed by atoms with van der Waals surface area (Å²) in [4.78, 5) is 23.8. The molecule has 2 amide bonds. The first kappa shape index (κ1) is 18.2. The number of carbonyl (C=O) groups excluding carboxylic acids is 2. The van der Waals surface area contributed by atoms with Crippen LogP contribution in [0.5, 0.6) is 11.5 Å². The average Bonchev–Trinajstić information content (AvgIpc) is 3.04. The number of nitrogens with zero attached hydrogens (tertiary/aromatic N) is 1. The molecule has 0 saturated heterocycles. The minimum atomic E-state index is -0.896. The lowest BCUT2D eigenvalue weighted by atomic mass is 10.2. The van der Waals surface area contributed by atoms with Gasteiger partial charge in [0.1, 0.15) is 0 Å². The monoisotopic (exact) mass is 437 g/mol. The number of hydrazone groups is 1. The number of rotatable bonds is 3. The van der Waals surface area contributed by atoms with Gasteiger partial charge in [-0.05, 0) is 58.7 Å². The molecule has 1 heterocycles. The summed E-state index contributed by atoms with van der Waals surface area (Å²) in [6, 6.07) is 8.37. The predicted octanol–water partition coefficient (Wildman–Crippen LogP) is 3.23. The van der Waals surface area contributed by atoms with E-state index in [1.54, 1.807) is 37.3 Å². The number of ether oxygens (including phenoxy) is 2. The van der Waals surface area contributed by atoms with Crippen LogP contribution in [-0.4, -0.2) is 24.8 Å². The normalized spacial score (nSPS) is 12.3. The molecule has 2 aromatic rings. The average molecular weight is 439 g/mol. The first-order valence-electron chi connectivity index (χ1n) is 7.44. The van der Waals surface area contributed by atoms with Gasteiger partial charge in [-0.1, -0.05) is 11.6 Å². The highest BCUT2D eigenvalue weighted by molar-refractivity contribution is 9.10. The molecule has 0 unspecified atom stereocenters. The fraction of sp³-hybridized carbons (Fsp3) is 0.118. The molecule has 2 N–H and O–H groups in total. The Kier molecular flexibility index (Phi) is 5.43. The summed E-state index contributed by atoms with van der Waals surface area (Å²) in [6.07, 6.45) is 1.39. The highest BCUT2D eigenvalue weighted by Gasteiger charge is 2.16. The van der Waals surface area contributed by atoms with Crippen molar-refractivity contribution in [2.75, 3.05) is 12.1 Å². The molecule has 0 spiro atoms. The number of fused-ring (bicyclic) bond motifs is 1. The van der Waals surface area contributed by atoms with Crippen molar-refractivity contribution in [2.45, 2.75) is 6.92 Å². The molecule has 0 aromatic heterocycles. The van der Waals surface area contributed by atoms with E-state index in [2.05, 4.69) is 31.8 Å². The van der Waals surface area contributed by atoms with Crippen LogP contribution in [0.4, 0.5) is 5.69 Å². The van der Waals surface area contributed by atoms with Crippen LogP contribution in [-0.2, 0) is 9.59 Å². The fourth-order valence-corrected chi connectivity index (χ4v) is 2.84. The first-order chi connectivity index (χ1) is 12.4. The van der Waals surface area contributed by atoms with Gasteiger partial charge in [0.25, 0.3) is 0 Å². The van der Waals surface area contributed by atoms with Crippen molar-refractivity contribution in [1.82, 2.24) is 5.43 Å². The van der Waals surface area contributed by atoms with Crippen LogP contribution < -0.4 is 20.2 Å². The van der Waals surface area contributed by atoms with Gasteiger partial charge in [-0.2, -0.15) is 5.10 Å². The second kappa shape index (κ2) is 7.76. The Hall–Kier alpha value is -2.58. The van der Waals surface area contributed by atoms with Crippen molar-refractivity contribution in [2.24, 2.45) is 5.10 Å². The van der Waals surface area contributed by atoms with Gasteiger partial charge in [0.05, 0.1) is 6.21 Å². The molecule has 0 fully saturated rings. The molecule has 2 aromatic carbocycles. The maximum Gasteiger partial charge on any atom is 0.329 e. The summed E-state index contributed by atoms with van der Waals surface area (Å²) in [6.45, 7) is 1.93. The highest BCUT2D eigenvalue weighted by atomic mass is 79.9. The van der Waals surface area contributed by atoms with Crippen molar-refractivity contribution < 1.29 is 19.1 Å². The van der Waals surface area contributed by atoms with Crippen molar-refractivity contribution in [3.63, 3.8) is 0 Å². The Morgan fingerprint density at radius 2 is 1.92 bits per heavy atom. The number of amides is 2. The third-order valence-corrected chi connectivity index (χ3v) is 4.43. The fourth-order valence-electron chi connectivity index (χ4n) is 2.19. The second-order valence-electron chi connectivity index (χ2n) is 5.34. The van der Waals surface area contributed by atoms with E-state index in [-0.39, 0.29) is 6.79 Å². The van der Waals surface area contributed by atoms with E-state index < -0.39 is 11.8 Å². The molecule has 26 heavy (non-hydrogen) atoms. The van der Waals surface area contributed by atoms with Crippen LogP contribution in [0.15, 0.2) is 39.9 Å². The van der Waals surface area contributed by atoms with E-state index in [1.807, 2.05) is 0 Å². The molecule has 0 radical (unpaired) electrons. The molecule has 0 aliphatic carbocycles. The standard InChI is InChI=1S/C17H13BrClN3O4/c1-9-4-11(19)2-3-13(9)21-16(23)17(24)22-20-7-10-5-14-15(6-12(10)18)26-8-25-14/h2-7H,8H2,1H3,(H,21,23)(H,22,24)/b20-7+. The number of carbonyl (C=O) groups is 2. The minimum Gasteiger partial charge on any atom is -0.454 e. The Morgan fingerprint density at radius 1 is 1.19 bits per heavy atom. The van der Waals surface area contributed by atoms with Gasteiger partial charge in [0.15, 0.2) is 11.5 Å². The number of aryl methyl sites for hydroxylation is 1. The Morgan fingerprint density at radius 3 is 2.65 bits per heavy atom. The Labute approximate surface area is 162 Å². The summed E-state index contributed by atoms with van der Waals surface area (Å²) < 4.78 is 11.2. The maximum atomic E-state index is 11.9. The molecule has 1 aliphatic rings. The van der Waals surface area contributed by atoms with Crippen LogP contribution in [0, 0.1) is 6.92 Å². The number of anilines is 1. The molecular formula is C17H13BrClN3O4. The Balaban J connectivity index is 1.61. The van der Waals surface area contributed by atoms with E-state index in [4.69, 9.17) is 21.1 Å².